The van der Waals surface area contributed by atoms with Gasteiger partial charge in [0.25, 0.3) is 5.91 Å². The lowest BCUT2D eigenvalue weighted by molar-refractivity contribution is -0.385. The van der Waals surface area contributed by atoms with Gasteiger partial charge in [0, 0.05) is 13.1 Å². The molecule has 23 heavy (non-hydrogen) atoms. The molecule has 1 aliphatic heterocycles. The molecule has 0 radical (unpaired) electrons. The summed E-state index contributed by atoms with van der Waals surface area (Å²) in [5, 5.41) is 17.5. The first-order valence-corrected chi connectivity index (χ1v) is 7.31. The van der Waals surface area contributed by atoms with Crippen molar-refractivity contribution in [1.82, 2.24) is 15.1 Å². The number of aryl methyl sites for hydroxylation is 1. The molecule has 118 valence electrons. The van der Waals surface area contributed by atoms with Crippen LogP contribution in [0.1, 0.15) is 28.2 Å². The maximum absolute atomic E-state index is 12.6. The number of aromatic amines is 1. The van der Waals surface area contributed by atoms with Gasteiger partial charge in [-0.2, -0.15) is 5.10 Å². The molecule has 2 aromatic rings. The molecule has 0 atom stereocenters. The predicted molar refractivity (Wildman–Crippen MR) is 84.9 cm³/mol. The van der Waals surface area contributed by atoms with Gasteiger partial charge < -0.3 is 4.90 Å². The lowest BCUT2D eigenvalue weighted by Crippen LogP contribution is -2.36. The van der Waals surface area contributed by atoms with Crippen LogP contribution in [0.15, 0.2) is 36.4 Å². The molecule has 0 fully saturated rings. The standard InChI is InChI=1S/C16H16N4O3/c1-11-15(20(22)23)14(18-17-11)16(21)19-9-5-8-13(10-19)12-6-3-2-4-7-12/h2-4,6-8H,5,9-10H2,1H3,(H,17,18). The number of aromatic nitrogens is 2. The minimum atomic E-state index is -0.566. The average molecular weight is 312 g/mol. The van der Waals surface area contributed by atoms with Crippen molar-refractivity contribution < 1.29 is 9.72 Å². The van der Waals surface area contributed by atoms with Crippen LogP contribution in [-0.2, 0) is 0 Å². The van der Waals surface area contributed by atoms with Crippen molar-refractivity contribution >= 4 is 17.2 Å². The number of hydrogen-bond acceptors (Lipinski definition) is 4. The maximum Gasteiger partial charge on any atom is 0.322 e. The molecule has 7 heteroatoms. The van der Waals surface area contributed by atoms with Gasteiger partial charge in [-0.1, -0.05) is 36.4 Å². The zero-order valence-electron chi connectivity index (χ0n) is 12.7. The van der Waals surface area contributed by atoms with Crippen molar-refractivity contribution in [2.45, 2.75) is 13.3 Å². The summed E-state index contributed by atoms with van der Waals surface area (Å²) < 4.78 is 0. The Kier molecular flexibility index (Phi) is 3.92. The first kappa shape index (κ1) is 15.0. The maximum atomic E-state index is 12.6. The van der Waals surface area contributed by atoms with Gasteiger partial charge in [-0.25, -0.2) is 0 Å². The third kappa shape index (κ3) is 2.85. The monoisotopic (exact) mass is 312 g/mol. The van der Waals surface area contributed by atoms with Crippen LogP contribution in [0, 0.1) is 17.0 Å². The van der Waals surface area contributed by atoms with E-state index in [0.717, 1.165) is 11.1 Å². The SMILES string of the molecule is Cc1[nH]nc(C(=O)N2CCC=C(c3ccccc3)C2)c1[N+](=O)[O-]. The Morgan fingerprint density at radius 2 is 2.09 bits per heavy atom. The minimum absolute atomic E-state index is 0.123. The highest BCUT2D eigenvalue weighted by Crippen LogP contribution is 2.25. The molecule has 1 amide bonds. The number of carbonyl (C=O) groups excluding carboxylic acids is 1. The molecule has 1 N–H and O–H groups in total. The predicted octanol–water partition coefficient (Wildman–Crippen LogP) is 2.56. The van der Waals surface area contributed by atoms with E-state index in [1.165, 1.54) is 6.92 Å². The molecule has 1 aliphatic rings. The van der Waals surface area contributed by atoms with Crippen LogP contribution in [0.4, 0.5) is 5.69 Å². The molecule has 0 bridgehead atoms. The molecular formula is C16H16N4O3. The second-order valence-corrected chi connectivity index (χ2v) is 5.41. The fraction of sp³-hybridized carbons (Fsp3) is 0.250. The smallest absolute Gasteiger partial charge is 0.322 e. The molecular weight excluding hydrogens is 296 g/mol. The van der Waals surface area contributed by atoms with Crippen LogP contribution >= 0.6 is 0 Å². The highest BCUT2D eigenvalue weighted by molar-refractivity contribution is 5.97. The van der Waals surface area contributed by atoms with E-state index in [2.05, 4.69) is 16.3 Å². The lowest BCUT2D eigenvalue weighted by atomic mass is 10.0. The fourth-order valence-electron chi connectivity index (χ4n) is 2.72. The van der Waals surface area contributed by atoms with E-state index in [0.29, 0.717) is 19.5 Å². The van der Waals surface area contributed by atoms with Crippen molar-refractivity contribution in [1.29, 1.82) is 0 Å². The van der Waals surface area contributed by atoms with Gasteiger partial charge in [-0.3, -0.25) is 20.0 Å². The summed E-state index contributed by atoms with van der Waals surface area (Å²) in [6, 6.07) is 9.80. The molecule has 7 nitrogen and oxygen atoms in total. The normalized spacial score (nSPS) is 14.5. The quantitative estimate of drug-likeness (QED) is 0.696. The van der Waals surface area contributed by atoms with Gasteiger partial charge in [0.2, 0.25) is 5.69 Å². The van der Waals surface area contributed by atoms with Gasteiger partial charge >= 0.3 is 5.69 Å². The third-order valence-electron chi connectivity index (χ3n) is 3.88. The van der Waals surface area contributed by atoms with E-state index in [1.54, 1.807) is 4.90 Å². The van der Waals surface area contributed by atoms with E-state index in [1.807, 2.05) is 30.3 Å². The van der Waals surface area contributed by atoms with Crippen molar-refractivity contribution in [3.8, 4) is 0 Å². The number of hydrogen-bond donors (Lipinski definition) is 1. The highest BCUT2D eigenvalue weighted by atomic mass is 16.6. The van der Waals surface area contributed by atoms with E-state index in [-0.39, 0.29) is 17.1 Å². The number of nitrogens with one attached hydrogen (secondary N) is 1. The second-order valence-electron chi connectivity index (χ2n) is 5.41. The summed E-state index contributed by atoms with van der Waals surface area (Å²) >= 11 is 0. The molecule has 0 spiro atoms. The lowest BCUT2D eigenvalue weighted by Gasteiger charge is -2.26. The highest BCUT2D eigenvalue weighted by Gasteiger charge is 2.31. The molecule has 0 unspecified atom stereocenters. The van der Waals surface area contributed by atoms with Crippen LogP contribution in [0.25, 0.3) is 5.57 Å². The van der Waals surface area contributed by atoms with Gasteiger partial charge in [-0.15, -0.1) is 0 Å². The summed E-state index contributed by atoms with van der Waals surface area (Å²) in [5.41, 5.74) is 2.01. The number of amides is 1. The molecule has 3 rings (SSSR count). The van der Waals surface area contributed by atoms with E-state index in [4.69, 9.17) is 0 Å². The van der Waals surface area contributed by atoms with Gasteiger partial charge in [-0.05, 0) is 24.5 Å². The zero-order valence-corrected chi connectivity index (χ0v) is 12.7. The van der Waals surface area contributed by atoms with Crippen molar-refractivity contribution in [2.75, 3.05) is 13.1 Å². The Labute approximate surface area is 132 Å². The number of nitro groups is 1. The van der Waals surface area contributed by atoms with Gasteiger partial charge in [0.1, 0.15) is 5.69 Å². The van der Waals surface area contributed by atoms with E-state index < -0.39 is 10.8 Å². The van der Waals surface area contributed by atoms with Crippen LogP contribution in [-0.4, -0.2) is 39.0 Å². The molecule has 0 saturated carbocycles. The van der Waals surface area contributed by atoms with Gasteiger partial charge in [0.05, 0.1) is 4.92 Å². The van der Waals surface area contributed by atoms with Crippen LogP contribution in [0.2, 0.25) is 0 Å². The summed E-state index contributed by atoms with van der Waals surface area (Å²) in [4.78, 5) is 24.8. The van der Waals surface area contributed by atoms with Crippen LogP contribution in [0.5, 0.6) is 0 Å². The molecule has 2 heterocycles. The molecule has 1 aromatic heterocycles. The first-order valence-electron chi connectivity index (χ1n) is 7.31. The van der Waals surface area contributed by atoms with Crippen LogP contribution < -0.4 is 0 Å². The van der Waals surface area contributed by atoms with Crippen molar-refractivity contribution in [3.05, 3.63) is 63.5 Å². The topological polar surface area (TPSA) is 92.1 Å². The summed E-state index contributed by atoms with van der Waals surface area (Å²) in [6.45, 7) is 2.48. The Balaban J connectivity index is 1.85. The first-order chi connectivity index (χ1) is 11.1. The largest absolute Gasteiger partial charge is 0.332 e. The van der Waals surface area contributed by atoms with E-state index >= 15 is 0 Å². The van der Waals surface area contributed by atoms with Gasteiger partial charge in [0.15, 0.2) is 0 Å². The number of H-pyrrole nitrogens is 1. The average Bonchev–Trinajstić information content (AvgIpc) is 2.97. The number of rotatable bonds is 3. The zero-order chi connectivity index (χ0) is 16.4. The Bertz CT molecular complexity index is 780. The minimum Gasteiger partial charge on any atom is -0.332 e. The summed E-state index contributed by atoms with van der Waals surface area (Å²) in [5.74, 6) is -0.414. The Morgan fingerprint density at radius 1 is 1.35 bits per heavy atom. The summed E-state index contributed by atoms with van der Waals surface area (Å²) in [7, 11) is 0. The van der Waals surface area contributed by atoms with Crippen molar-refractivity contribution in [3.63, 3.8) is 0 Å². The Morgan fingerprint density at radius 3 is 2.78 bits per heavy atom. The number of carbonyl (C=O) groups is 1. The third-order valence-corrected chi connectivity index (χ3v) is 3.88. The van der Waals surface area contributed by atoms with E-state index in [9.17, 15) is 14.9 Å². The fourth-order valence-corrected chi connectivity index (χ4v) is 2.72. The molecule has 1 aromatic carbocycles. The molecule has 0 saturated heterocycles. The Hall–Kier alpha value is -2.96. The number of benzene rings is 1. The molecule has 0 aliphatic carbocycles. The van der Waals surface area contributed by atoms with Crippen LogP contribution in [0.3, 0.4) is 0 Å². The summed E-state index contributed by atoms with van der Waals surface area (Å²) in [6.07, 6.45) is 2.82. The second kappa shape index (κ2) is 6.04. The number of nitrogens with zero attached hydrogens (tertiary/aromatic N) is 3. The van der Waals surface area contributed by atoms with Crippen molar-refractivity contribution in [2.24, 2.45) is 0 Å².